The number of hydrogen-bond acceptors (Lipinski definition) is 4. The van der Waals surface area contributed by atoms with Crippen LogP contribution < -0.4 is 16.0 Å². The summed E-state index contributed by atoms with van der Waals surface area (Å²) >= 11 is 0. The zero-order valence-electron chi connectivity index (χ0n) is 16.8. The Hall–Kier alpha value is -1.01. The fourth-order valence-corrected chi connectivity index (χ4v) is 6.43. The quantitative estimate of drug-likeness (QED) is 0.639. The van der Waals surface area contributed by atoms with E-state index in [0.29, 0.717) is 13.0 Å². The standard InChI is InChI=1S/C22H31N3O2.2ClH/c26-21(10-18-14-27-6-5-23-18)24-19-3-1-2-4-20(19)25-22-11-15-7-16(12-22)9-17(8-15)13-22;;/h1-4,15-18,23,25H,5-14H2,(H,24,26);2*1H. The SMILES string of the molecule is Cl.Cl.O=C(CC1COCCN1)Nc1ccccc1NC12CC3CC(CC(C3)C1)C2. The Kier molecular flexibility index (Phi) is 7.36. The largest absolute Gasteiger partial charge is 0.378 e. The number of ether oxygens (including phenoxy) is 1. The van der Waals surface area contributed by atoms with Crippen LogP contribution in [0.2, 0.25) is 0 Å². The monoisotopic (exact) mass is 441 g/mol. The zero-order chi connectivity index (χ0) is 18.3. The number of carbonyl (C=O) groups is 1. The van der Waals surface area contributed by atoms with E-state index in [0.717, 1.165) is 42.3 Å². The first kappa shape index (κ1) is 22.7. The molecule has 1 saturated heterocycles. The minimum Gasteiger partial charge on any atom is -0.378 e. The number of halogens is 2. The minimum atomic E-state index is 0. The van der Waals surface area contributed by atoms with Gasteiger partial charge in [0, 0.05) is 24.5 Å². The molecule has 1 amide bonds. The molecular weight excluding hydrogens is 409 g/mol. The Balaban J connectivity index is 0.00000120. The van der Waals surface area contributed by atoms with Gasteiger partial charge in [0.1, 0.15) is 0 Å². The smallest absolute Gasteiger partial charge is 0.226 e. The Bertz CT molecular complexity index is 674. The highest BCUT2D eigenvalue weighted by molar-refractivity contribution is 5.94. The summed E-state index contributed by atoms with van der Waals surface area (Å²) in [7, 11) is 0. The maximum absolute atomic E-state index is 12.6. The summed E-state index contributed by atoms with van der Waals surface area (Å²) < 4.78 is 5.46. The van der Waals surface area contributed by atoms with Crippen molar-refractivity contribution < 1.29 is 9.53 Å². The number of anilines is 2. The van der Waals surface area contributed by atoms with Crippen molar-refractivity contribution in [2.24, 2.45) is 17.8 Å². The molecule has 1 heterocycles. The van der Waals surface area contributed by atoms with Gasteiger partial charge in [0.2, 0.25) is 5.91 Å². The van der Waals surface area contributed by atoms with Crippen molar-refractivity contribution >= 4 is 42.1 Å². The number of hydrogen-bond donors (Lipinski definition) is 3. The molecule has 7 heteroatoms. The van der Waals surface area contributed by atoms with Crippen LogP contribution >= 0.6 is 24.8 Å². The third-order valence-corrected chi connectivity index (χ3v) is 7.07. The first-order chi connectivity index (χ1) is 13.2. The second kappa shape index (κ2) is 9.42. The Morgan fingerprint density at radius 1 is 1.03 bits per heavy atom. The number of amides is 1. The van der Waals surface area contributed by atoms with Gasteiger partial charge in [-0.05, 0) is 68.4 Å². The van der Waals surface area contributed by atoms with Gasteiger partial charge in [0.05, 0.1) is 24.6 Å². The summed E-state index contributed by atoms with van der Waals surface area (Å²) in [6.45, 7) is 2.17. The van der Waals surface area contributed by atoms with Crippen molar-refractivity contribution in [3.8, 4) is 0 Å². The lowest BCUT2D eigenvalue weighted by molar-refractivity contribution is -0.117. The molecule has 5 aliphatic rings. The number of para-hydroxylation sites is 2. The van der Waals surface area contributed by atoms with Crippen LogP contribution in [0.5, 0.6) is 0 Å². The summed E-state index contributed by atoms with van der Waals surface area (Å²) in [6.07, 6.45) is 8.66. The van der Waals surface area contributed by atoms with Crippen LogP contribution in [0, 0.1) is 17.8 Å². The predicted molar refractivity (Wildman–Crippen MR) is 121 cm³/mol. The molecule has 29 heavy (non-hydrogen) atoms. The first-order valence-corrected chi connectivity index (χ1v) is 10.7. The van der Waals surface area contributed by atoms with Crippen molar-refractivity contribution in [1.29, 1.82) is 0 Å². The van der Waals surface area contributed by atoms with Crippen molar-refractivity contribution in [2.45, 2.75) is 56.5 Å². The molecule has 1 aromatic carbocycles. The molecule has 4 saturated carbocycles. The molecule has 3 N–H and O–H groups in total. The van der Waals surface area contributed by atoms with E-state index in [1.54, 1.807) is 0 Å². The van der Waals surface area contributed by atoms with Gasteiger partial charge in [-0.1, -0.05) is 12.1 Å². The second-order valence-corrected chi connectivity index (χ2v) is 9.35. The van der Waals surface area contributed by atoms with Crippen LogP contribution in [-0.4, -0.2) is 37.2 Å². The van der Waals surface area contributed by atoms with E-state index in [-0.39, 0.29) is 42.3 Å². The van der Waals surface area contributed by atoms with Crippen LogP contribution in [0.4, 0.5) is 11.4 Å². The molecule has 4 aliphatic carbocycles. The van der Waals surface area contributed by atoms with Crippen molar-refractivity contribution in [3.05, 3.63) is 24.3 Å². The molecule has 0 spiro atoms. The Labute approximate surface area is 185 Å². The molecular formula is C22H33Cl2N3O2. The maximum atomic E-state index is 12.6. The fourth-order valence-electron chi connectivity index (χ4n) is 6.43. The maximum Gasteiger partial charge on any atom is 0.226 e. The summed E-state index contributed by atoms with van der Waals surface area (Å²) in [4.78, 5) is 12.6. The molecule has 6 rings (SSSR count). The van der Waals surface area contributed by atoms with Crippen LogP contribution in [0.3, 0.4) is 0 Å². The Morgan fingerprint density at radius 3 is 2.24 bits per heavy atom. The highest BCUT2D eigenvalue weighted by atomic mass is 35.5. The van der Waals surface area contributed by atoms with E-state index in [2.05, 4.69) is 28.1 Å². The highest BCUT2D eigenvalue weighted by Crippen LogP contribution is 2.56. The molecule has 1 atom stereocenters. The summed E-state index contributed by atoms with van der Waals surface area (Å²) in [5.74, 6) is 2.77. The number of morpholine rings is 1. The van der Waals surface area contributed by atoms with Gasteiger partial charge in [-0.2, -0.15) is 0 Å². The molecule has 5 nitrogen and oxygen atoms in total. The average molecular weight is 442 g/mol. The molecule has 162 valence electrons. The highest BCUT2D eigenvalue weighted by Gasteiger charge is 2.51. The van der Waals surface area contributed by atoms with E-state index < -0.39 is 0 Å². The van der Waals surface area contributed by atoms with Crippen LogP contribution in [0.1, 0.15) is 44.9 Å². The molecule has 0 radical (unpaired) electrons. The zero-order valence-corrected chi connectivity index (χ0v) is 18.5. The summed E-state index contributed by atoms with van der Waals surface area (Å²) in [5, 5.41) is 10.4. The number of rotatable bonds is 5. The topological polar surface area (TPSA) is 62.4 Å². The minimum absolute atomic E-state index is 0. The Morgan fingerprint density at radius 2 is 1.66 bits per heavy atom. The lowest BCUT2D eigenvalue weighted by Crippen LogP contribution is -2.54. The fraction of sp³-hybridized carbons (Fsp3) is 0.682. The normalized spacial score (nSPS) is 34.6. The predicted octanol–water partition coefficient (Wildman–Crippen LogP) is 4.23. The van der Waals surface area contributed by atoms with E-state index in [9.17, 15) is 4.79 Å². The van der Waals surface area contributed by atoms with E-state index in [4.69, 9.17) is 4.74 Å². The average Bonchev–Trinajstić information content (AvgIpc) is 2.63. The number of carbonyl (C=O) groups excluding carboxylic acids is 1. The first-order valence-electron chi connectivity index (χ1n) is 10.7. The van der Waals surface area contributed by atoms with E-state index in [1.807, 2.05) is 12.1 Å². The molecule has 4 bridgehead atoms. The third kappa shape index (κ3) is 5.01. The van der Waals surface area contributed by atoms with Gasteiger partial charge in [-0.3, -0.25) is 4.79 Å². The van der Waals surface area contributed by atoms with Gasteiger partial charge >= 0.3 is 0 Å². The summed E-state index contributed by atoms with van der Waals surface area (Å²) in [6, 6.07) is 8.32. The van der Waals surface area contributed by atoms with E-state index in [1.165, 1.54) is 38.5 Å². The molecule has 0 aromatic heterocycles. The van der Waals surface area contributed by atoms with Gasteiger partial charge in [-0.15, -0.1) is 24.8 Å². The number of nitrogens with one attached hydrogen (secondary N) is 3. The molecule has 5 fully saturated rings. The number of benzene rings is 1. The van der Waals surface area contributed by atoms with Crippen LogP contribution in [0.15, 0.2) is 24.3 Å². The van der Waals surface area contributed by atoms with Gasteiger partial charge in [0.25, 0.3) is 0 Å². The summed E-state index contributed by atoms with van der Waals surface area (Å²) in [5.41, 5.74) is 2.24. The van der Waals surface area contributed by atoms with Crippen molar-refractivity contribution in [1.82, 2.24) is 5.32 Å². The van der Waals surface area contributed by atoms with Crippen molar-refractivity contribution in [3.63, 3.8) is 0 Å². The van der Waals surface area contributed by atoms with E-state index >= 15 is 0 Å². The lowest BCUT2D eigenvalue weighted by Gasteiger charge is -2.57. The van der Waals surface area contributed by atoms with Crippen LogP contribution in [-0.2, 0) is 9.53 Å². The third-order valence-electron chi connectivity index (χ3n) is 7.07. The molecule has 1 unspecified atom stereocenters. The van der Waals surface area contributed by atoms with Gasteiger partial charge in [0.15, 0.2) is 0 Å². The van der Waals surface area contributed by atoms with Gasteiger partial charge < -0.3 is 20.7 Å². The van der Waals surface area contributed by atoms with Gasteiger partial charge in [-0.25, -0.2) is 0 Å². The van der Waals surface area contributed by atoms with Crippen molar-refractivity contribution in [2.75, 3.05) is 30.4 Å². The molecule has 1 aromatic rings. The molecule has 1 aliphatic heterocycles. The second-order valence-electron chi connectivity index (χ2n) is 9.35. The van der Waals surface area contributed by atoms with Crippen LogP contribution in [0.25, 0.3) is 0 Å². The lowest BCUT2D eigenvalue weighted by atomic mass is 9.53.